The summed E-state index contributed by atoms with van der Waals surface area (Å²) < 4.78 is 44.4. The Labute approximate surface area is 125 Å². The molecule has 0 spiro atoms. The zero-order valence-corrected chi connectivity index (χ0v) is 12.9. The van der Waals surface area contributed by atoms with Gasteiger partial charge in [-0.2, -0.15) is 4.31 Å². The number of carboxylic acids is 1. The molecule has 1 fully saturated rings. The number of thioether (sulfide) groups is 1. The van der Waals surface area contributed by atoms with Gasteiger partial charge < -0.3 is 9.84 Å². The third-order valence-corrected chi connectivity index (χ3v) is 6.47. The van der Waals surface area contributed by atoms with Gasteiger partial charge in [0.2, 0.25) is 10.0 Å². The number of ether oxygens (including phenoxy) is 1. The van der Waals surface area contributed by atoms with E-state index in [1.807, 2.05) is 0 Å². The van der Waals surface area contributed by atoms with Crippen molar-refractivity contribution in [2.24, 2.45) is 0 Å². The summed E-state index contributed by atoms with van der Waals surface area (Å²) in [6.07, 6.45) is 0. The van der Waals surface area contributed by atoms with E-state index in [1.54, 1.807) is 6.92 Å². The summed E-state index contributed by atoms with van der Waals surface area (Å²) >= 11 is 1.22. The summed E-state index contributed by atoms with van der Waals surface area (Å²) in [5.41, 5.74) is 0. The van der Waals surface area contributed by atoms with Crippen LogP contribution in [0.3, 0.4) is 0 Å². The topological polar surface area (TPSA) is 83.9 Å². The highest BCUT2D eigenvalue weighted by molar-refractivity contribution is 8.01. The first kappa shape index (κ1) is 16.1. The molecule has 1 aliphatic rings. The van der Waals surface area contributed by atoms with E-state index in [1.165, 1.54) is 31.0 Å². The van der Waals surface area contributed by atoms with Crippen molar-refractivity contribution in [2.45, 2.75) is 23.2 Å². The van der Waals surface area contributed by atoms with E-state index in [0.717, 1.165) is 10.4 Å². The van der Waals surface area contributed by atoms with E-state index in [4.69, 9.17) is 9.84 Å². The third kappa shape index (κ3) is 2.85. The molecule has 1 aromatic rings. The van der Waals surface area contributed by atoms with Crippen LogP contribution in [0.1, 0.15) is 6.92 Å². The first-order valence-corrected chi connectivity index (χ1v) is 8.49. The molecule has 1 aliphatic heterocycles. The first-order chi connectivity index (χ1) is 9.78. The van der Waals surface area contributed by atoms with Crippen molar-refractivity contribution in [3.8, 4) is 5.75 Å². The minimum Gasteiger partial charge on any atom is -0.494 e. The number of halogens is 1. The predicted octanol–water partition coefficient (Wildman–Crippen LogP) is 1.37. The average molecular weight is 335 g/mol. The molecule has 1 saturated heterocycles. The van der Waals surface area contributed by atoms with E-state index in [9.17, 15) is 17.6 Å². The Balaban J connectivity index is 2.46. The number of carbonyl (C=O) groups is 1. The molecule has 0 amide bonds. The fraction of sp³-hybridized carbons (Fsp3) is 0.417. The van der Waals surface area contributed by atoms with Crippen molar-refractivity contribution < 1.29 is 27.4 Å². The molecular weight excluding hydrogens is 321 g/mol. The maximum absolute atomic E-state index is 13.7. The first-order valence-electron chi connectivity index (χ1n) is 6.00. The number of nitrogens with zero attached hydrogens (tertiary/aromatic N) is 1. The molecule has 2 atom stereocenters. The fourth-order valence-electron chi connectivity index (χ4n) is 2.10. The normalized spacial score (nSPS) is 23.2. The number of aliphatic carboxylic acids is 1. The quantitative estimate of drug-likeness (QED) is 0.895. The summed E-state index contributed by atoms with van der Waals surface area (Å²) in [6.45, 7) is 1.60. The van der Waals surface area contributed by atoms with Crippen LogP contribution in [-0.4, -0.2) is 48.1 Å². The Kier molecular flexibility index (Phi) is 4.45. The molecule has 6 nitrogen and oxygen atoms in total. The Morgan fingerprint density at radius 1 is 1.52 bits per heavy atom. The third-order valence-electron chi connectivity index (χ3n) is 3.14. The second-order valence-electron chi connectivity index (χ2n) is 4.42. The van der Waals surface area contributed by atoms with Crippen LogP contribution >= 0.6 is 11.8 Å². The van der Waals surface area contributed by atoms with Crippen LogP contribution in [0.2, 0.25) is 0 Å². The zero-order valence-electron chi connectivity index (χ0n) is 11.3. The number of methoxy groups -OCH3 is 1. The molecule has 1 heterocycles. The van der Waals surface area contributed by atoms with Gasteiger partial charge >= 0.3 is 5.97 Å². The smallest absolute Gasteiger partial charge is 0.322 e. The van der Waals surface area contributed by atoms with Gasteiger partial charge in [-0.15, -0.1) is 11.8 Å². The molecule has 0 aromatic heterocycles. The molecule has 1 aromatic carbocycles. The van der Waals surface area contributed by atoms with E-state index >= 15 is 0 Å². The van der Waals surface area contributed by atoms with Gasteiger partial charge in [-0.05, 0) is 25.1 Å². The van der Waals surface area contributed by atoms with Crippen molar-refractivity contribution in [2.75, 3.05) is 12.9 Å². The number of rotatable bonds is 4. The number of hydrogen-bond acceptors (Lipinski definition) is 5. The molecule has 0 bridgehead atoms. The largest absolute Gasteiger partial charge is 0.494 e. The second-order valence-corrected chi connectivity index (χ2v) is 7.61. The Morgan fingerprint density at radius 3 is 2.71 bits per heavy atom. The molecule has 2 rings (SSSR count). The lowest BCUT2D eigenvalue weighted by molar-refractivity contribution is -0.140. The maximum Gasteiger partial charge on any atom is 0.322 e. The van der Waals surface area contributed by atoms with Crippen LogP contribution in [0, 0.1) is 5.82 Å². The summed E-state index contributed by atoms with van der Waals surface area (Å²) in [5.74, 6) is -1.95. The summed E-state index contributed by atoms with van der Waals surface area (Å²) in [7, 11) is -2.82. The van der Waals surface area contributed by atoms with E-state index in [0.29, 0.717) is 0 Å². The van der Waals surface area contributed by atoms with Gasteiger partial charge in [-0.25, -0.2) is 12.8 Å². The standard InChI is InChI=1S/C12H14FNO5S2/c1-7-14(10(6-20-7)12(15)16)21(17,18)8-3-4-11(19-2)9(13)5-8/h3-5,7,10H,6H2,1-2H3,(H,15,16). The van der Waals surface area contributed by atoms with Crippen LogP contribution in [-0.2, 0) is 14.8 Å². The number of hydrogen-bond donors (Lipinski definition) is 1. The zero-order chi connectivity index (χ0) is 15.8. The van der Waals surface area contributed by atoms with Crippen LogP contribution in [0.5, 0.6) is 5.75 Å². The minimum absolute atomic E-state index is 0.0763. The Morgan fingerprint density at radius 2 is 2.19 bits per heavy atom. The molecule has 116 valence electrons. The molecule has 21 heavy (non-hydrogen) atoms. The van der Waals surface area contributed by atoms with E-state index in [-0.39, 0.29) is 16.4 Å². The van der Waals surface area contributed by atoms with Crippen LogP contribution in [0.15, 0.2) is 23.1 Å². The van der Waals surface area contributed by atoms with Crippen LogP contribution < -0.4 is 4.74 Å². The summed E-state index contributed by atoms with van der Waals surface area (Å²) in [4.78, 5) is 10.9. The van der Waals surface area contributed by atoms with Crippen molar-refractivity contribution in [1.82, 2.24) is 4.31 Å². The second kappa shape index (κ2) is 5.82. The van der Waals surface area contributed by atoms with Crippen molar-refractivity contribution in [1.29, 1.82) is 0 Å². The predicted molar refractivity (Wildman–Crippen MR) is 75.3 cm³/mol. The monoisotopic (exact) mass is 335 g/mol. The molecule has 1 N–H and O–H groups in total. The Hall–Kier alpha value is -1.32. The average Bonchev–Trinajstić information content (AvgIpc) is 2.81. The van der Waals surface area contributed by atoms with Gasteiger partial charge in [0.05, 0.1) is 17.4 Å². The number of sulfonamides is 1. The van der Waals surface area contributed by atoms with Gasteiger partial charge in [-0.3, -0.25) is 4.79 Å². The lowest BCUT2D eigenvalue weighted by Gasteiger charge is -2.24. The highest BCUT2D eigenvalue weighted by atomic mass is 32.2. The minimum atomic E-state index is -4.09. The highest BCUT2D eigenvalue weighted by Crippen LogP contribution is 2.35. The number of carboxylic acid groups (broad SMARTS) is 1. The van der Waals surface area contributed by atoms with Crippen molar-refractivity contribution >= 4 is 27.8 Å². The Bertz CT molecular complexity index is 664. The van der Waals surface area contributed by atoms with Gasteiger partial charge in [0.15, 0.2) is 11.6 Å². The lowest BCUT2D eigenvalue weighted by atomic mass is 10.3. The molecular formula is C12H14FNO5S2. The fourth-order valence-corrected chi connectivity index (χ4v) is 5.40. The summed E-state index contributed by atoms with van der Waals surface area (Å²) in [6, 6.07) is 2.08. The number of benzene rings is 1. The molecule has 0 saturated carbocycles. The van der Waals surface area contributed by atoms with Crippen LogP contribution in [0.25, 0.3) is 0 Å². The van der Waals surface area contributed by atoms with Crippen LogP contribution in [0.4, 0.5) is 4.39 Å². The van der Waals surface area contributed by atoms with Gasteiger partial charge in [-0.1, -0.05) is 0 Å². The molecule has 9 heteroatoms. The van der Waals surface area contributed by atoms with E-state index in [2.05, 4.69) is 0 Å². The molecule has 0 aliphatic carbocycles. The summed E-state index contributed by atoms with van der Waals surface area (Å²) in [5, 5.41) is 8.61. The maximum atomic E-state index is 13.7. The van der Waals surface area contributed by atoms with Crippen molar-refractivity contribution in [3.63, 3.8) is 0 Å². The molecule has 2 unspecified atom stereocenters. The van der Waals surface area contributed by atoms with Crippen molar-refractivity contribution in [3.05, 3.63) is 24.0 Å². The van der Waals surface area contributed by atoms with Gasteiger partial charge in [0, 0.05) is 5.75 Å². The van der Waals surface area contributed by atoms with E-state index < -0.39 is 33.2 Å². The highest BCUT2D eigenvalue weighted by Gasteiger charge is 2.44. The van der Waals surface area contributed by atoms with Gasteiger partial charge in [0.25, 0.3) is 0 Å². The molecule has 0 radical (unpaired) electrons. The van der Waals surface area contributed by atoms with Gasteiger partial charge in [0.1, 0.15) is 6.04 Å². The lowest BCUT2D eigenvalue weighted by Crippen LogP contribution is -2.44. The SMILES string of the molecule is COc1ccc(S(=O)(=O)N2C(C)SCC2C(=O)O)cc1F.